The molecule has 0 spiro atoms. The molecule has 0 amide bonds. The number of nitrogens with zero attached hydrogens (tertiary/aromatic N) is 2. The van der Waals surface area contributed by atoms with Crippen LogP contribution in [0.25, 0.3) is 0 Å². The maximum atomic E-state index is 6.49. The summed E-state index contributed by atoms with van der Waals surface area (Å²) in [5, 5.41) is 7.17. The fourth-order valence-corrected chi connectivity index (χ4v) is 4.84. The quantitative estimate of drug-likeness (QED) is 0.292. The van der Waals surface area contributed by atoms with E-state index in [-0.39, 0.29) is 12.3 Å². The Balaban J connectivity index is 1.34. The lowest BCUT2D eigenvalue weighted by molar-refractivity contribution is -0.0190. The van der Waals surface area contributed by atoms with Gasteiger partial charge in [-0.3, -0.25) is 0 Å². The largest absolute Gasteiger partial charge is 0.497 e. The van der Waals surface area contributed by atoms with Crippen LogP contribution in [0.4, 0.5) is 0 Å². The fourth-order valence-electron chi connectivity index (χ4n) is 4.84. The van der Waals surface area contributed by atoms with E-state index in [1.807, 2.05) is 30.3 Å². The first-order valence-electron chi connectivity index (χ1n) is 12.8. The summed E-state index contributed by atoms with van der Waals surface area (Å²) < 4.78 is 17.8. The fraction of sp³-hybridized carbons (Fsp3) is 0.367. The van der Waals surface area contributed by atoms with Crippen molar-refractivity contribution in [2.75, 3.05) is 13.7 Å². The lowest BCUT2D eigenvalue weighted by Crippen LogP contribution is -2.33. The second-order valence-electron chi connectivity index (χ2n) is 9.21. The molecule has 0 aromatic heterocycles. The topological polar surface area (TPSA) is 43.3 Å². The van der Waals surface area contributed by atoms with Gasteiger partial charge in [-0.15, -0.1) is 0 Å². The first-order valence-corrected chi connectivity index (χ1v) is 12.8. The van der Waals surface area contributed by atoms with Crippen LogP contribution in [0.2, 0.25) is 0 Å². The molecule has 2 unspecified atom stereocenters. The minimum absolute atomic E-state index is 0.140. The van der Waals surface area contributed by atoms with Crippen molar-refractivity contribution in [1.82, 2.24) is 5.01 Å². The van der Waals surface area contributed by atoms with Gasteiger partial charge >= 0.3 is 0 Å². The van der Waals surface area contributed by atoms with E-state index < -0.39 is 0 Å². The van der Waals surface area contributed by atoms with E-state index in [0.29, 0.717) is 0 Å². The maximum absolute atomic E-state index is 6.49. The Hall–Kier alpha value is -3.47. The van der Waals surface area contributed by atoms with Gasteiger partial charge in [0.25, 0.3) is 0 Å². The molecule has 0 saturated carbocycles. The van der Waals surface area contributed by atoms with Crippen molar-refractivity contribution in [3.63, 3.8) is 0 Å². The average molecular weight is 471 g/mol. The summed E-state index contributed by atoms with van der Waals surface area (Å²) in [6.45, 7) is 3.00. The smallest absolute Gasteiger partial charge is 0.213 e. The van der Waals surface area contributed by atoms with Crippen LogP contribution >= 0.6 is 0 Å². The molecule has 3 aromatic rings. The van der Waals surface area contributed by atoms with Gasteiger partial charge in [-0.2, -0.15) is 5.10 Å². The van der Waals surface area contributed by atoms with Gasteiger partial charge in [0, 0.05) is 17.5 Å². The van der Waals surface area contributed by atoms with Crippen LogP contribution in [0.5, 0.6) is 17.2 Å². The monoisotopic (exact) mass is 470 g/mol. The summed E-state index contributed by atoms with van der Waals surface area (Å²) in [6.07, 6.45) is 6.74. The van der Waals surface area contributed by atoms with Crippen molar-refractivity contribution >= 4 is 5.71 Å². The summed E-state index contributed by atoms with van der Waals surface area (Å²) in [6, 6.07) is 24.9. The highest BCUT2D eigenvalue weighted by molar-refractivity contribution is 6.02. The van der Waals surface area contributed by atoms with Crippen molar-refractivity contribution in [3.8, 4) is 17.2 Å². The Morgan fingerprint density at radius 3 is 2.40 bits per heavy atom. The van der Waals surface area contributed by atoms with Gasteiger partial charge in [0.1, 0.15) is 17.2 Å². The predicted octanol–water partition coefficient (Wildman–Crippen LogP) is 7.29. The second-order valence-corrected chi connectivity index (χ2v) is 9.21. The summed E-state index contributed by atoms with van der Waals surface area (Å²) in [7, 11) is 1.69. The molecule has 2 aliphatic heterocycles. The first-order chi connectivity index (χ1) is 17.3. The third-order valence-corrected chi connectivity index (χ3v) is 6.80. The number of para-hydroxylation sites is 1. The SMILES string of the molecule is CCCCCCCOc1ccc(C2Oc3ccccc3C3CC(c4ccc(OC)cc4)=NN32)cc1. The number of rotatable bonds is 10. The van der Waals surface area contributed by atoms with Crippen LogP contribution in [0.3, 0.4) is 0 Å². The molecule has 2 aliphatic rings. The number of unbranched alkanes of at least 4 members (excludes halogenated alkanes) is 4. The summed E-state index contributed by atoms with van der Waals surface area (Å²) in [5.74, 6) is 2.68. The molecule has 2 atom stereocenters. The zero-order chi connectivity index (χ0) is 24.0. The Bertz CT molecular complexity index is 1140. The number of fused-ring (bicyclic) bond motifs is 3. The number of benzene rings is 3. The van der Waals surface area contributed by atoms with Crippen LogP contribution in [0.1, 0.15) is 74.4 Å². The van der Waals surface area contributed by atoms with Gasteiger partial charge in [-0.25, -0.2) is 5.01 Å². The highest BCUT2D eigenvalue weighted by Crippen LogP contribution is 2.47. The predicted molar refractivity (Wildman–Crippen MR) is 139 cm³/mol. The molecule has 0 bridgehead atoms. The molecular formula is C30H34N2O3. The summed E-state index contributed by atoms with van der Waals surface area (Å²) in [4.78, 5) is 0. The van der Waals surface area contributed by atoms with Crippen LogP contribution in [-0.4, -0.2) is 24.4 Å². The number of hydrogen-bond donors (Lipinski definition) is 0. The Labute approximate surface area is 208 Å². The number of hydrogen-bond acceptors (Lipinski definition) is 5. The molecule has 35 heavy (non-hydrogen) atoms. The Morgan fingerprint density at radius 2 is 1.63 bits per heavy atom. The molecule has 182 valence electrons. The average Bonchev–Trinajstić information content (AvgIpc) is 3.36. The van der Waals surface area contributed by atoms with Crippen molar-refractivity contribution in [1.29, 1.82) is 0 Å². The van der Waals surface area contributed by atoms with E-state index in [1.54, 1.807) is 7.11 Å². The lowest BCUT2D eigenvalue weighted by Gasteiger charge is -2.38. The standard InChI is InChI=1S/C30H34N2O3/c1-3-4-5-6-9-20-34-25-18-14-23(15-19-25)30-32-28(26-10-7-8-11-29(26)35-30)21-27(31-32)22-12-16-24(33-2)17-13-22/h7-8,10-19,28,30H,3-6,9,20-21H2,1-2H3. The Kier molecular flexibility index (Phi) is 7.22. The van der Waals surface area contributed by atoms with Crippen LogP contribution < -0.4 is 14.2 Å². The van der Waals surface area contributed by atoms with E-state index in [2.05, 4.69) is 54.4 Å². The van der Waals surface area contributed by atoms with Crippen molar-refractivity contribution < 1.29 is 14.2 Å². The maximum Gasteiger partial charge on any atom is 0.213 e. The molecule has 3 aromatic carbocycles. The molecule has 5 nitrogen and oxygen atoms in total. The molecule has 5 heteroatoms. The molecule has 0 radical (unpaired) electrons. The third kappa shape index (κ3) is 5.14. The molecular weight excluding hydrogens is 436 g/mol. The van der Waals surface area contributed by atoms with E-state index >= 15 is 0 Å². The van der Waals surface area contributed by atoms with Gasteiger partial charge in [0.2, 0.25) is 6.23 Å². The van der Waals surface area contributed by atoms with Crippen molar-refractivity contribution in [2.24, 2.45) is 5.10 Å². The van der Waals surface area contributed by atoms with Crippen LogP contribution in [0, 0.1) is 0 Å². The van der Waals surface area contributed by atoms with Gasteiger partial charge in [-0.1, -0.05) is 50.8 Å². The van der Waals surface area contributed by atoms with E-state index in [4.69, 9.17) is 19.3 Å². The first kappa shape index (κ1) is 23.3. The summed E-state index contributed by atoms with van der Waals surface area (Å²) in [5.41, 5.74) is 4.42. The number of methoxy groups -OCH3 is 1. The Morgan fingerprint density at radius 1 is 0.886 bits per heavy atom. The molecule has 0 N–H and O–H groups in total. The summed E-state index contributed by atoms with van der Waals surface area (Å²) >= 11 is 0. The van der Waals surface area contributed by atoms with Gasteiger partial charge in [0.15, 0.2) is 0 Å². The van der Waals surface area contributed by atoms with Crippen LogP contribution in [0.15, 0.2) is 77.9 Å². The molecule has 0 saturated heterocycles. The highest BCUT2D eigenvalue weighted by Gasteiger charge is 2.40. The molecule has 2 heterocycles. The minimum atomic E-state index is -0.284. The molecule has 5 rings (SSSR count). The van der Waals surface area contributed by atoms with E-state index in [9.17, 15) is 0 Å². The van der Waals surface area contributed by atoms with Gasteiger partial charge < -0.3 is 14.2 Å². The normalized spacial score (nSPS) is 18.3. The van der Waals surface area contributed by atoms with E-state index in [1.165, 1.54) is 31.2 Å². The zero-order valence-corrected chi connectivity index (χ0v) is 20.7. The van der Waals surface area contributed by atoms with Gasteiger partial charge in [0.05, 0.1) is 25.5 Å². The third-order valence-electron chi connectivity index (χ3n) is 6.80. The van der Waals surface area contributed by atoms with Crippen LogP contribution in [-0.2, 0) is 0 Å². The van der Waals surface area contributed by atoms with Gasteiger partial charge in [-0.05, 0) is 66.6 Å². The van der Waals surface area contributed by atoms with Crippen molar-refractivity contribution in [2.45, 2.75) is 57.7 Å². The number of hydrazone groups is 1. The number of ether oxygens (including phenoxy) is 3. The van der Waals surface area contributed by atoms with E-state index in [0.717, 1.165) is 53.5 Å². The highest BCUT2D eigenvalue weighted by atomic mass is 16.5. The second kappa shape index (κ2) is 10.9. The minimum Gasteiger partial charge on any atom is -0.497 e. The molecule has 0 aliphatic carbocycles. The zero-order valence-electron chi connectivity index (χ0n) is 20.7. The van der Waals surface area contributed by atoms with Crippen molar-refractivity contribution in [3.05, 3.63) is 89.5 Å². The molecule has 0 fully saturated rings. The lowest BCUT2D eigenvalue weighted by atomic mass is 9.96.